The van der Waals surface area contributed by atoms with E-state index in [0.717, 1.165) is 61.3 Å². The summed E-state index contributed by atoms with van der Waals surface area (Å²) in [6.45, 7) is 6.48. The molecule has 1 amide bonds. The van der Waals surface area contributed by atoms with Crippen LogP contribution in [-0.2, 0) is 13.0 Å². The summed E-state index contributed by atoms with van der Waals surface area (Å²) in [6, 6.07) is 20.0. The SMILES string of the molecule is COc1cc(C(=O)NCCCCCc2nc3ccccc3n2CCCOc2ccc(C(C)C)cc2)cc(OC)c1OC. The predicted octanol–water partition coefficient (Wildman–Crippen LogP) is 6.80. The number of carbonyl (C=O) groups excluding carboxylic acids is 1. The fourth-order valence-electron chi connectivity index (χ4n) is 5.03. The molecule has 4 rings (SSSR count). The summed E-state index contributed by atoms with van der Waals surface area (Å²) < 4.78 is 24.4. The van der Waals surface area contributed by atoms with Crippen LogP contribution in [0.25, 0.3) is 11.0 Å². The first-order valence-corrected chi connectivity index (χ1v) is 14.7. The highest BCUT2D eigenvalue weighted by Gasteiger charge is 2.17. The molecule has 3 aromatic carbocycles. The summed E-state index contributed by atoms with van der Waals surface area (Å²) in [6.07, 6.45) is 4.62. The zero-order chi connectivity index (χ0) is 29.9. The van der Waals surface area contributed by atoms with Gasteiger partial charge in [0.05, 0.1) is 39.0 Å². The monoisotopic (exact) mass is 573 g/mol. The zero-order valence-electron chi connectivity index (χ0n) is 25.4. The molecule has 1 aromatic heterocycles. The number of para-hydroxylation sites is 2. The van der Waals surface area contributed by atoms with Gasteiger partial charge in [-0.05, 0) is 67.1 Å². The lowest BCUT2D eigenvalue weighted by Gasteiger charge is -2.14. The van der Waals surface area contributed by atoms with Gasteiger partial charge in [-0.2, -0.15) is 0 Å². The second-order valence-corrected chi connectivity index (χ2v) is 10.6. The molecule has 0 aliphatic heterocycles. The molecular formula is C34H43N3O5. The normalized spacial score (nSPS) is 11.1. The van der Waals surface area contributed by atoms with Crippen molar-refractivity contribution in [2.75, 3.05) is 34.5 Å². The third kappa shape index (κ3) is 7.75. The molecular weight excluding hydrogens is 530 g/mol. The Labute approximate surface area is 249 Å². The van der Waals surface area contributed by atoms with Crippen molar-refractivity contribution in [2.24, 2.45) is 0 Å². The average Bonchev–Trinajstić information content (AvgIpc) is 3.37. The number of rotatable bonds is 16. The molecule has 0 fully saturated rings. The highest BCUT2D eigenvalue weighted by atomic mass is 16.5. The van der Waals surface area contributed by atoms with Gasteiger partial charge in [0.2, 0.25) is 5.75 Å². The Morgan fingerprint density at radius 3 is 2.26 bits per heavy atom. The molecule has 0 bridgehead atoms. The number of nitrogens with one attached hydrogen (secondary N) is 1. The highest BCUT2D eigenvalue weighted by molar-refractivity contribution is 5.95. The minimum Gasteiger partial charge on any atom is -0.494 e. The first-order chi connectivity index (χ1) is 20.4. The second kappa shape index (κ2) is 15.1. The van der Waals surface area contributed by atoms with Gasteiger partial charge in [0.1, 0.15) is 11.6 Å². The Kier molecular flexibility index (Phi) is 11.1. The predicted molar refractivity (Wildman–Crippen MR) is 166 cm³/mol. The summed E-state index contributed by atoms with van der Waals surface area (Å²) in [4.78, 5) is 17.7. The van der Waals surface area contributed by atoms with Crippen LogP contribution in [0.2, 0.25) is 0 Å². The minimum absolute atomic E-state index is 0.172. The van der Waals surface area contributed by atoms with Gasteiger partial charge in [-0.25, -0.2) is 4.98 Å². The summed E-state index contributed by atoms with van der Waals surface area (Å²) in [5.41, 5.74) is 3.97. The van der Waals surface area contributed by atoms with Crippen LogP contribution in [0, 0.1) is 0 Å². The van der Waals surface area contributed by atoms with Gasteiger partial charge in [0, 0.05) is 25.1 Å². The zero-order valence-corrected chi connectivity index (χ0v) is 25.4. The van der Waals surface area contributed by atoms with Gasteiger partial charge >= 0.3 is 0 Å². The number of hydrogen-bond donors (Lipinski definition) is 1. The van der Waals surface area contributed by atoms with E-state index >= 15 is 0 Å². The van der Waals surface area contributed by atoms with Crippen molar-refractivity contribution < 1.29 is 23.7 Å². The minimum atomic E-state index is -0.172. The van der Waals surface area contributed by atoms with Gasteiger partial charge < -0.3 is 28.8 Å². The first kappa shape index (κ1) is 30.8. The molecule has 0 unspecified atom stereocenters. The number of methoxy groups -OCH3 is 3. The van der Waals surface area contributed by atoms with Crippen molar-refractivity contribution >= 4 is 16.9 Å². The first-order valence-electron chi connectivity index (χ1n) is 14.7. The van der Waals surface area contributed by atoms with Gasteiger partial charge in [-0.1, -0.05) is 44.5 Å². The topological polar surface area (TPSA) is 83.8 Å². The van der Waals surface area contributed by atoms with Crippen molar-refractivity contribution in [2.45, 2.75) is 58.4 Å². The molecule has 0 aliphatic rings. The number of aryl methyl sites for hydroxylation is 2. The van der Waals surface area contributed by atoms with Crippen LogP contribution in [0.15, 0.2) is 60.7 Å². The number of nitrogens with zero attached hydrogens (tertiary/aromatic N) is 2. The van der Waals surface area contributed by atoms with E-state index in [0.29, 0.717) is 41.9 Å². The fourth-order valence-corrected chi connectivity index (χ4v) is 5.03. The number of amides is 1. The van der Waals surface area contributed by atoms with E-state index in [2.05, 4.69) is 66.2 Å². The van der Waals surface area contributed by atoms with Crippen molar-refractivity contribution in [3.8, 4) is 23.0 Å². The number of unbranched alkanes of at least 4 members (excludes halogenated alkanes) is 2. The number of benzene rings is 3. The Balaban J connectivity index is 1.25. The van der Waals surface area contributed by atoms with Crippen LogP contribution in [0.1, 0.15) is 67.2 Å². The maximum absolute atomic E-state index is 12.7. The number of aromatic nitrogens is 2. The van der Waals surface area contributed by atoms with E-state index in [1.807, 2.05) is 6.07 Å². The molecule has 1 N–H and O–H groups in total. The lowest BCUT2D eigenvalue weighted by molar-refractivity contribution is 0.0952. The van der Waals surface area contributed by atoms with Gasteiger partial charge in [0.25, 0.3) is 5.91 Å². The quantitative estimate of drug-likeness (QED) is 0.149. The second-order valence-electron chi connectivity index (χ2n) is 10.6. The smallest absolute Gasteiger partial charge is 0.251 e. The van der Waals surface area contributed by atoms with Gasteiger partial charge in [-0.15, -0.1) is 0 Å². The Hall–Kier alpha value is -4.20. The standard InChI is InChI=1S/C34H43N3O5/c1-24(2)25-15-17-27(18-16-25)42-21-11-20-37-29-13-9-8-12-28(29)36-32(37)14-7-6-10-19-35-34(38)26-22-30(39-3)33(41-5)31(23-26)40-4/h8-9,12-13,15-18,22-24H,6-7,10-11,14,19-21H2,1-5H3,(H,35,38). The summed E-state index contributed by atoms with van der Waals surface area (Å²) in [7, 11) is 4.61. The van der Waals surface area contributed by atoms with E-state index in [-0.39, 0.29) is 5.91 Å². The molecule has 0 spiro atoms. The number of carbonyl (C=O) groups is 1. The third-order valence-electron chi connectivity index (χ3n) is 7.36. The van der Waals surface area contributed by atoms with Gasteiger partial charge in [-0.3, -0.25) is 4.79 Å². The molecule has 0 radical (unpaired) electrons. The third-order valence-corrected chi connectivity index (χ3v) is 7.36. The van der Waals surface area contributed by atoms with Crippen molar-refractivity contribution in [3.63, 3.8) is 0 Å². The molecule has 0 saturated heterocycles. The highest BCUT2D eigenvalue weighted by Crippen LogP contribution is 2.38. The average molecular weight is 574 g/mol. The largest absolute Gasteiger partial charge is 0.494 e. The Morgan fingerprint density at radius 2 is 1.60 bits per heavy atom. The molecule has 0 saturated carbocycles. The molecule has 1 heterocycles. The van der Waals surface area contributed by atoms with Crippen LogP contribution in [0.3, 0.4) is 0 Å². The molecule has 4 aromatic rings. The van der Waals surface area contributed by atoms with E-state index in [1.165, 1.54) is 26.9 Å². The van der Waals surface area contributed by atoms with Crippen LogP contribution in [0.4, 0.5) is 0 Å². The maximum atomic E-state index is 12.7. The lowest BCUT2D eigenvalue weighted by Crippen LogP contribution is -2.24. The molecule has 224 valence electrons. The molecule has 8 nitrogen and oxygen atoms in total. The number of imidazole rings is 1. The van der Waals surface area contributed by atoms with Crippen molar-refractivity contribution in [3.05, 3.63) is 77.6 Å². The Morgan fingerprint density at radius 1 is 0.881 bits per heavy atom. The van der Waals surface area contributed by atoms with Crippen LogP contribution in [0.5, 0.6) is 23.0 Å². The lowest BCUT2D eigenvalue weighted by atomic mass is 10.0. The van der Waals surface area contributed by atoms with E-state index < -0.39 is 0 Å². The number of fused-ring (bicyclic) bond motifs is 1. The van der Waals surface area contributed by atoms with E-state index in [4.69, 9.17) is 23.9 Å². The maximum Gasteiger partial charge on any atom is 0.251 e. The summed E-state index contributed by atoms with van der Waals surface area (Å²) >= 11 is 0. The summed E-state index contributed by atoms with van der Waals surface area (Å²) in [5, 5.41) is 3.00. The van der Waals surface area contributed by atoms with Crippen LogP contribution in [-0.4, -0.2) is 49.9 Å². The Bertz CT molecular complexity index is 1420. The van der Waals surface area contributed by atoms with E-state index in [1.54, 1.807) is 12.1 Å². The van der Waals surface area contributed by atoms with Crippen molar-refractivity contribution in [1.29, 1.82) is 0 Å². The van der Waals surface area contributed by atoms with Crippen molar-refractivity contribution in [1.82, 2.24) is 14.9 Å². The van der Waals surface area contributed by atoms with Gasteiger partial charge in [0.15, 0.2) is 11.5 Å². The molecule has 0 aliphatic carbocycles. The summed E-state index contributed by atoms with van der Waals surface area (Å²) in [5.74, 6) is 3.72. The fraction of sp³-hybridized carbons (Fsp3) is 0.412. The molecule has 0 atom stereocenters. The molecule has 42 heavy (non-hydrogen) atoms. The van der Waals surface area contributed by atoms with E-state index in [9.17, 15) is 4.79 Å². The van der Waals surface area contributed by atoms with Crippen LogP contribution < -0.4 is 24.3 Å². The van der Waals surface area contributed by atoms with Crippen LogP contribution >= 0.6 is 0 Å². The number of ether oxygens (including phenoxy) is 4. The molecule has 8 heteroatoms. The number of hydrogen-bond acceptors (Lipinski definition) is 6.